The summed E-state index contributed by atoms with van der Waals surface area (Å²) in [4.78, 5) is 7.44. The van der Waals surface area contributed by atoms with Gasteiger partial charge >= 0.3 is 0 Å². The zero-order chi connectivity index (χ0) is 22.8. The van der Waals surface area contributed by atoms with Crippen molar-refractivity contribution in [2.24, 2.45) is 0 Å². The maximum atomic E-state index is 11.8. The number of aromatic nitrogens is 3. The molecule has 0 aliphatic carbocycles. The highest BCUT2D eigenvalue weighted by Crippen LogP contribution is 2.23. The molecule has 7 nitrogen and oxygen atoms in total. The second kappa shape index (κ2) is 9.05. The first-order valence-corrected chi connectivity index (χ1v) is 12.9. The molecular formula is C25H26N4O3S. The van der Waals surface area contributed by atoms with Gasteiger partial charge in [-0.15, -0.1) is 0 Å². The summed E-state index contributed by atoms with van der Waals surface area (Å²) in [5.41, 5.74) is 4.98. The Morgan fingerprint density at radius 1 is 0.939 bits per heavy atom. The average molecular weight is 463 g/mol. The molecule has 0 unspecified atom stereocenters. The second-order valence-electron chi connectivity index (χ2n) is 8.39. The first-order valence-electron chi connectivity index (χ1n) is 11.0. The molecule has 0 atom stereocenters. The van der Waals surface area contributed by atoms with E-state index in [1.54, 1.807) is 12.1 Å². The van der Waals surface area contributed by atoms with Gasteiger partial charge in [0.2, 0.25) is 0 Å². The molecule has 3 heterocycles. The molecule has 2 aromatic heterocycles. The van der Waals surface area contributed by atoms with Crippen LogP contribution in [0.3, 0.4) is 0 Å². The van der Waals surface area contributed by atoms with Gasteiger partial charge in [-0.05, 0) is 35.4 Å². The predicted octanol–water partition coefficient (Wildman–Crippen LogP) is 3.22. The average Bonchev–Trinajstić information content (AvgIpc) is 3.22. The van der Waals surface area contributed by atoms with Crippen molar-refractivity contribution in [3.8, 4) is 11.3 Å². The molecule has 0 amide bonds. The number of hydrogen-bond acceptors (Lipinski definition) is 6. The lowest BCUT2D eigenvalue weighted by Crippen LogP contribution is -2.35. The van der Waals surface area contributed by atoms with E-state index in [0.29, 0.717) is 11.3 Å². The van der Waals surface area contributed by atoms with Crippen LogP contribution in [-0.4, -0.2) is 60.5 Å². The molecule has 8 heteroatoms. The highest BCUT2D eigenvalue weighted by atomic mass is 32.2. The van der Waals surface area contributed by atoms with Crippen LogP contribution < -0.4 is 0 Å². The molecule has 4 aromatic rings. The summed E-state index contributed by atoms with van der Waals surface area (Å²) in [6, 6.07) is 21.3. The van der Waals surface area contributed by atoms with E-state index in [0.717, 1.165) is 55.6 Å². The van der Waals surface area contributed by atoms with E-state index in [2.05, 4.69) is 29.2 Å². The number of ether oxygens (including phenoxy) is 1. The summed E-state index contributed by atoms with van der Waals surface area (Å²) in [7, 11) is -3.23. The Balaban J connectivity index is 1.39. The van der Waals surface area contributed by atoms with E-state index in [4.69, 9.17) is 14.8 Å². The van der Waals surface area contributed by atoms with Crippen LogP contribution in [0.15, 0.2) is 71.6 Å². The molecule has 0 bridgehead atoms. The van der Waals surface area contributed by atoms with Gasteiger partial charge in [0, 0.05) is 37.9 Å². The van der Waals surface area contributed by atoms with Gasteiger partial charge in [-0.2, -0.15) is 5.10 Å². The molecule has 0 spiro atoms. The molecule has 1 fully saturated rings. The Bertz CT molecular complexity index is 1370. The zero-order valence-corrected chi connectivity index (χ0v) is 19.3. The molecule has 0 N–H and O–H groups in total. The van der Waals surface area contributed by atoms with Crippen molar-refractivity contribution < 1.29 is 13.2 Å². The Hall–Kier alpha value is -3.07. The summed E-state index contributed by atoms with van der Waals surface area (Å²) in [5, 5.41) is 4.76. The number of fused-ring (bicyclic) bond motifs is 1. The summed E-state index contributed by atoms with van der Waals surface area (Å²) in [6.45, 7) is 4.44. The van der Waals surface area contributed by atoms with Crippen molar-refractivity contribution in [2.45, 2.75) is 17.9 Å². The van der Waals surface area contributed by atoms with Crippen molar-refractivity contribution >= 4 is 15.5 Å². The number of hydrogen-bond donors (Lipinski definition) is 0. The van der Waals surface area contributed by atoms with E-state index in [1.807, 2.05) is 34.8 Å². The Labute approximate surface area is 193 Å². The Morgan fingerprint density at radius 2 is 1.67 bits per heavy atom. The van der Waals surface area contributed by atoms with Gasteiger partial charge in [-0.1, -0.05) is 42.5 Å². The largest absolute Gasteiger partial charge is 0.379 e. The third-order valence-electron chi connectivity index (χ3n) is 5.85. The summed E-state index contributed by atoms with van der Waals surface area (Å²) >= 11 is 0. The van der Waals surface area contributed by atoms with Gasteiger partial charge in [0.15, 0.2) is 21.3 Å². The fourth-order valence-electron chi connectivity index (χ4n) is 4.15. The van der Waals surface area contributed by atoms with Gasteiger partial charge in [0.05, 0.1) is 23.8 Å². The molecule has 0 radical (unpaired) electrons. The van der Waals surface area contributed by atoms with Crippen LogP contribution in [0.4, 0.5) is 0 Å². The van der Waals surface area contributed by atoms with Crippen LogP contribution in [0.2, 0.25) is 0 Å². The molecule has 0 saturated carbocycles. The number of sulfone groups is 1. The minimum atomic E-state index is -3.23. The van der Waals surface area contributed by atoms with E-state index >= 15 is 0 Å². The van der Waals surface area contributed by atoms with Crippen LogP contribution in [0.25, 0.3) is 16.9 Å². The van der Waals surface area contributed by atoms with Crippen LogP contribution >= 0.6 is 0 Å². The SMILES string of the molecule is CS(=O)(=O)c1ccc(-c2cccc3nc(Cc4cccc(CN5CCOCC5)c4)nn23)cc1. The van der Waals surface area contributed by atoms with Crippen molar-refractivity contribution in [3.63, 3.8) is 0 Å². The van der Waals surface area contributed by atoms with E-state index in [-0.39, 0.29) is 0 Å². The normalized spacial score (nSPS) is 15.2. The highest BCUT2D eigenvalue weighted by Gasteiger charge is 2.13. The van der Waals surface area contributed by atoms with Gasteiger partial charge in [0.1, 0.15) is 0 Å². The topological polar surface area (TPSA) is 76.8 Å². The predicted molar refractivity (Wildman–Crippen MR) is 127 cm³/mol. The lowest BCUT2D eigenvalue weighted by molar-refractivity contribution is 0.0342. The van der Waals surface area contributed by atoms with Crippen molar-refractivity contribution in [1.82, 2.24) is 19.5 Å². The lowest BCUT2D eigenvalue weighted by atomic mass is 10.1. The Morgan fingerprint density at radius 3 is 2.42 bits per heavy atom. The number of morpholine rings is 1. The molecular weight excluding hydrogens is 436 g/mol. The zero-order valence-electron chi connectivity index (χ0n) is 18.5. The smallest absolute Gasteiger partial charge is 0.175 e. The third kappa shape index (κ3) is 4.98. The van der Waals surface area contributed by atoms with Crippen LogP contribution in [0, 0.1) is 0 Å². The third-order valence-corrected chi connectivity index (χ3v) is 6.97. The maximum absolute atomic E-state index is 11.8. The molecule has 2 aromatic carbocycles. The quantitative estimate of drug-likeness (QED) is 0.438. The number of pyridine rings is 1. The van der Waals surface area contributed by atoms with Gasteiger partial charge < -0.3 is 4.74 Å². The van der Waals surface area contributed by atoms with Crippen molar-refractivity contribution in [2.75, 3.05) is 32.6 Å². The monoisotopic (exact) mass is 462 g/mol. The fraction of sp³-hybridized carbons (Fsp3) is 0.280. The van der Waals surface area contributed by atoms with E-state index in [1.165, 1.54) is 17.4 Å². The van der Waals surface area contributed by atoms with E-state index in [9.17, 15) is 8.42 Å². The first-order chi connectivity index (χ1) is 16.0. The lowest BCUT2D eigenvalue weighted by Gasteiger charge is -2.26. The van der Waals surface area contributed by atoms with Crippen molar-refractivity contribution in [3.05, 3.63) is 83.7 Å². The summed E-state index contributed by atoms with van der Waals surface area (Å²) in [5.74, 6) is 0.749. The van der Waals surface area contributed by atoms with Crippen LogP contribution in [0.1, 0.15) is 17.0 Å². The second-order valence-corrected chi connectivity index (χ2v) is 10.4. The molecule has 33 heavy (non-hydrogen) atoms. The molecule has 170 valence electrons. The first kappa shape index (κ1) is 21.8. The molecule has 1 aliphatic rings. The highest BCUT2D eigenvalue weighted by molar-refractivity contribution is 7.90. The van der Waals surface area contributed by atoms with Gasteiger partial charge in [0.25, 0.3) is 0 Å². The van der Waals surface area contributed by atoms with Crippen LogP contribution in [0.5, 0.6) is 0 Å². The minimum absolute atomic E-state index is 0.301. The number of rotatable bonds is 6. The molecule has 1 saturated heterocycles. The molecule has 5 rings (SSSR count). The Kier molecular flexibility index (Phi) is 5.97. The maximum Gasteiger partial charge on any atom is 0.175 e. The molecule has 1 aliphatic heterocycles. The number of nitrogens with zero attached hydrogens (tertiary/aromatic N) is 4. The number of benzene rings is 2. The fourth-order valence-corrected chi connectivity index (χ4v) is 4.78. The van der Waals surface area contributed by atoms with E-state index < -0.39 is 9.84 Å². The summed E-state index contributed by atoms with van der Waals surface area (Å²) in [6.07, 6.45) is 1.85. The van der Waals surface area contributed by atoms with Gasteiger partial charge in [-0.25, -0.2) is 17.9 Å². The van der Waals surface area contributed by atoms with Crippen molar-refractivity contribution in [1.29, 1.82) is 0 Å². The van der Waals surface area contributed by atoms with Gasteiger partial charge in [-0.3, -0.25) is 4.90 Å². The summed E-state index contributed by atoms with van der Waals surface area (Å²) < 4.78 is 30.8. The standard InChI is InChI=1S/C25H26N4O3S/c1-33(30,31)22-10-8-21(9-11-22)23-6-3-7-25-26-24(27-29(23)25)17-19-4-2-5-20(16-19)18-28-12-14-32-15-13-28/h2-11,16H,12-15,17-18H2,1H3. The van der Waals surface area contributed by atoms with Crippen LogP contribution in [-0.2, 0) is 27.5 Å². The minimum Gasteiger partial charge on any atom is -0.379 e.